The van der Waals surface area contributed by atoms with Crippen LogP contribution in [0.4, 0.5) is 0 Å². The van der Waals surface area contributed by atoms with Gasteiger partial charge in [0, 0.05) is 25.3 Å². The van der Waals surface area contributed by atoms with Crippen LogP contribution in [0.5, 0.6) is 11.5 Å². The van der Waals surface area contributed by atoms with E-state index in [1.54, 1.807) is 18.4 Å². The molecule has 0 saturated heterocycles. The number of thiazole rings is 1. The van der Waals surface area contributed by atoms with Crippen molar-refractivity contribution in [2.45, 2.75) is 46.4 Å². The van der Waals surface area contributed by atoms with Gasteiger partial charge in [-0.15, -0.1) is 0 Å². The van der Waals surface area contributed by atoms with Crippen molar-refractivity contribution in [2.75, 3.05) is 6.61 Å². The number of para-hydroxylation sites is 1. The maximum absolute atomic E-state index is 14.3. The lowest BCUT2D eigenvalue weighted by Crippen LogP contribution is -2.40. The average molecular weight is 855 g/mol. The third-order valence-electron chi connectivity index (χ3n) is 6.75. The molecule has 1 aliphatic rings. The molecule has 228 valence electrons. The first-order chi connectivity index (χ1) is 21.1. The fourth-order valence-corrected chi connectivity index (χ4v) is 8.17. The van der Waals surface area contributed by atoms with E-state index in [4.69, 9.17) is 30.8 Å². The van der Waals surface area contributed by atoms with Crippen molar-refractivity contribution in [3.8, 4) is 11.5 Å². The summed E-state index contributed by atoms with van der Waals surface area (Å²) in [6, 6.07) is 18.2. The fraction of sp³-hybridized carbons (Fsp3) is 0.242. The molecular weight excluding hydrogens is 826 g/mol. The molecule has 0 spiro atoms. The van der Waals surface area contributed by atoms with Crippen LogP contribution in [0.15, 0.2) is 81.7 Å². The highest BCUT2D eigenvalue weighted by atomic mass is 127. The quantitative estimate of drug-likeness (QED) is 0.134. The fourth-order valence-electron chi connectivity index (χ4n) is 4.90. The maximum Gasteiger partial charge on any atom is 0.338 e. The summed E-state index contributed by atoms with van der Waals surface area (Å²) in [5.74, 6) is 0.711. The number of nitrogens with zero attached hydrogens (tertiary/aromatic N) is 2. The molecule has 0 amide bonds. The Morgan fingerprint density at radius 1 is 1.14 bits per heavy atom. The predicted molar refractivity (Wildman–Crippen MR) is 190 cm³/mol. The summed E-state index contributed by atoms with van der Waals surface area (Å²) in [6.45, 7) is 7.85. The molecule has 2 heterocycles. The Morgan fingerprint density at radius 3 is 2.59 bits per heavy atom. The van der Waals surface area contributed by atoms with Gasteiger partial charge in [0.2, 0.25) is 0 Å². The molecule has 0 unspecified atom stereocenters. The lowest BCUT2D eigenvalue weighted by molar-refractivity contribution is -0.139. The molecule has 7 nitrogen and oxygen atoms in total. The molecule has 1 aromatic heterocycles. The minimum absolute atomic E-state index is 0.115. The normalized spacial score (nSPS) is 14.8. The number of rotatable bonds is 9. The number of fused-ring (bicyclic) bond motifs is 1. The van der Waals surface area contributed by atoms with Crippen LogP contribution in [0.1, 0.15) is 50.4 Å². The molecule has 0 saturated carbocycles. The highest BCUT2D eigenvalue weighted by Crippen LogP contribution is 2.36. The smallest absolute Gasteiger partial charge is 0.338 e. The second kappa shape index (κ2) is 14.2. The van der Waals surface area contributed by atoms with Crippen molar-refractivity contribution >= 4 is 80.2 Å². The third-order valence-corrected chi connectivity index (χ3v) is 9.52. The summed E-state index contributed by atoms with van der Waals surface area (Å²) in [6.07, 6.45) is 1.71. The van der Waals surface area contributed by atoms with E-state index in [2.05, 4.69) is 45.2 Å². The third kappa shape index (κ3) is 6.92. The molecular formula is C33H29ClI2N2O5S. The van der Waals surface area contributed by atoms with Crippen molar-refractivity contribution < 1.29 is 19.0 Å². The largest absolute Gasteiger partial charge is 0.491 e. The SMILES string of the molecule is CCOC(=O)C1=C(C)N=c2s/c(=C\c3cc(I)cc(I)c3OCc3ccccc3Cl)c(=O)n2[C@H]1c1ccccc1OC(C)C. The molecule has 3 aromatic carbocycles. The van der Waals surface area contributed by atoms with Gasteiger partial charge in [0.05, 0.1) is 32.1 Å². The number of carbonyl (C=O) groups is 1. The van der Waals surface area contributed by atoms with E-state index in [9.17, 15) is 9.59 Å². The molecule has 0 N–H and O–H groups in total. The molecule has 1 aliphatic heterocycles. The summed E-state index contributed by atoms with van der Waals surface area (Å²) in [5.41, 5.74) is 2.81. The maximum atomic E-state index is 14.3. The molecule has 0 bridgehead atoms. The highest BCUT2D eigenvalue weighted by Gasteiger charge is 2.35. The first-order valence-electron chi connectivity index (χ1n) is 13.9. The van der Waals surface area contributed by atoms with E-state index in [-0.39, 0.29) is 24.9 Å². The van der Waals surface area contributed by atoms with Crippen molar-refractivity contribution in [3.63, 3.8) is 0 Å². The van der Waals surface area contributed by atoms with E-state index < -0.39 is 12.0 Å². The monoisotopic (exact) mass is 854 g/mol. The Morgan fingerprint density at radius 2 is 1.86 bits per heavy atom. The van der Waals surface area contributed by atoms with E-state index >= 15 is 0 Å². The van der Waals surface area contributed by atoms with Crippen LogP contribution in [0.2, 0.25) is 5.02 Å². The summed E-state index contributed by atoms with van der Waals surface area (Å²) in [5, 5.41) is 0.623. The van der Waals surface area contributed by atoms with E-state index in [1.807, 2.05) is 80.6 Å². The number of carbonyl (C=O) groups excluding carboxylic acids is 1. The molecule has 5 rings (SSSR count). The molecule has 0 fully saturated rings. The van der Waals surface area contributed by atoms with Crippen LogP contribution in [0.25, 0.3) is 6.08 Å². The number of aromatic nitrogens is 1. The summed E-state index contributed by atoms with van der Waals surface area (Å²) in [7, 11) is 0. The van der Waals surface area contributed by atoms with Gasteiger partial charge in [-0.1, -0.05) is 59.3 Å². The Balaban J connectivity index is 1.68. The molecule has 0 aliphatic carbocycles. The number of benzene rings is 3. The van der Waals surface area contributed by atoms with Gasteiger partial charge in [-0.05, 0) is 103 Å². The second-order valence-corrected chi connectivity index (χ2v) is 14.0. The van der Waals surface area contributed by atoms with E-state index in [0.717, 1.165) is 18.3 Å². The topological polar surface area (TPSA) is 79.1 Å². The molecule has 11 heteroatoms. The molecule has 0 radical (unpaired) electrons. The van der Waals surface area contributed by atoms with Crippen LogP contribution in [0.3, 0.4) is 0 Å². The molecule has 44 heavy (non-hydrogen) atoms. The minimum Gasteiger partial charge on any atom is -0.491 e. The second-order valence-electron chi connectivity index (χ2n) is 10.2. The van der Waals surface area contributed by atoms with E-state index in [0.29, 0.717) is 42.7 Å². The van der Waals surface area contributed by atoms with Crippen molar-refractivity contribution in [1.29, 1.82) is 0 Å². The van der Waals surface area contributed by atoms with Crippen LogP contribution in [-0.2, 0) is 16.1 Å². The van der Waals surface area contributed by atoms with Crippen LogP contribution in [0, 0.1) is 7.14 Å². The van der Waals surface area contributed by atoms with Gasteiger partial charge in [0.25, 0.3) is 5.56 Å². The zero-order valence-electron chi connectivity index (χ0n) is 24.4. The van der Waals surface area contributed by atoms with Gasteiger partial charge < -0.3 is 14.2 Å². The number of esters is 1. The van der Waals surface area contributed by atoms with Gasteiger partial charge in [-0.25, -0.2) is 9.79 Å². The van der Waals surface area contributed by atoms with Crippen LogP contribution >= 0.6 is 68.1 Å². The number of ether oxygens (including phenoxy) is 3. The summed E-state index contributed by atoms with van der Waals surface area (Å²) in [4.78, 5) is 32.8. The van der Waals surface area contributed by atoms with Crippen LogP contribution < -0.4 is 24.4 Å². The Bertz CT molecular complexity index is 1950. The predicted octanol–water partition coefficient (Wildman–Crippen LogP) is 7.03. The number of halogens is 3. The van der Waals surface area contributed by atoms with Crippen molar-refractivity contribution in [3.05, 3.63) is 120 Å². The van der Waals surface area contributed by atoms with Gasteiger partial charge in [-0.2, -0.15) is 0 Å². The van der Waals surface area contributed by atoms with Crippen molar-refractivity contribution in [2.24, 2.45) is 4.99 Å². The van der Waals surface area contributed by atoms with Gasteiger partial charge >= 0.3 is 5.97 Å². The highest BCUT2D eigenvalue weighted by molar-refractivity contribution is 14.1. The van der Waals surface area contributed by atoms with Crippen LogP contribution in [-0.4, -0.2) is 23.2 Å². The Hall–Kier alpha value is -2.68. The molecule has 4 aromatic rings. The minimum atomic E-state index is -0.783. The molecule has 1 atom stereocenters. The van der Waals surface area contributed by atoms with Gasteiger partial charge in [0.15, 0.2) is 4.80 Å². The zero-order chi connectivity index (χ0) is 31.5. The Labute approximate surface area is 291 Å². The standard InChI is InChI=1S/C33H29ClI2N2O5S/c1-5-41-32(40)28-19(4)37-33-38(29(28)23-11-7-9-13-26(23)43-18(2)3)31(39)27(44-33)15-21-14-22(35)16-25(36)30(21)42-17-20-10-6-8-12-24(20)34/h6-16,18,29H,5,17H2,1-4H3/b27-15-/t29-/m0/s1. The number of hydrogen-bond donors (Lipinski definition) is 0. The van der Waals surface area contributed by atoms with E-state index in [1.165, 1.54) is 11.3 Å². The van der Waals surface area contributed by atoms with Crippen molar-refractivity contribution in [1.82, 2.24) is 4.57 Å². The summed E-state index contributed by atoms with van der Waals surface area (Å²) < 4.78 is 21.8. The first-order valence-corrected chi connectivity index (χ1v) is 17.2. The first kappa shape index (κ1) is 32.7. The number of allylic oxidation sites excluding steroid dienone is 1. The average Bonchev–Trinajstić information content (AvgIpc) is 3.26. The lowest BCUT2D eigenvalue weighted by atomic mass is 9.95. The summed E-state index contributed by atoms with van der Waals surface area (Å²) >= 11 is 12.1. The number of hydrogen-bond acceptors (Lipinski definition) is 7. The van der Waals surface area contributed by atoms with Gasteiger partial charge in [0.1, 0.15) is 24.1 Å². The Kier molecular flexibility index (Phi) is 10.5. The van der Waals surface area contributed by atoms with Gasteiger partial charge in [-0.3, -0.25) is 9.36 Å². The zero-order valence-corrected chi connectivity index (χ0v) is 30.3. The lowest BCUT2D eigenvalue weighted by Gasteiger charge is -2.26.